The van der Waals surface area contributed by atoms with E-state index in [0.717, 1.165) is 41.8 Å². The number of nitrogens with two attached hydrogens (primary N) is 1. The molecule has 1 aromatic carbocycles. The molecule has 3 aromatic rings. The Balaban J connectivity index is 0.00000272. The zero-order valence-corrected chi connectivity index (χ0v) is 18.8. The lowest BCUT2D eigenvalue weighted by molar-refractivity contribution is -0.135. The van der Waals surface area contributed by atoms with Crippen molar-refractivity contribution in [3.63, 3.8) is 0 Å². The number of hydrogen-bond acceptors (Lipinski definition) is 5. The number of piperazine rings is 1. The first-order valence-electron chi connectivity index (χ1n) is 10.7. The van der Waals surface area contributed by atoms with Crippen LogP contribution in [0.1, 0.15) is 43.7 Å². The van der Waals surface area contributed by atoms with Crippen LogP contribution in [0.5, 0.6) is 0 Å². The number of aromatic amines is 1. The molecule has 0 saturated carbocycles. The molecule has 0 spiro atoms. The predicted octanol–water partition coefficient (Wildman–Crippen LogP) is -0.975. The molecule has 1 fully saturated rings. The normalized spacial score (nSPS) is 16.3. The van der Waals surface area contributed by atoms with Crippen molar-refractivity contribution in [1.82, 2.24) is 30.2 Å². The van der Waals surface area contributed by atoms with E-state index >= 15 is 0 Å². The van der Waals surface area contributed by atoms with E-state index in [4.69, 9.17) is 5.73 Å². The second-order valence-corrected chi connectivity index (χ2v) is 8.54. The Morgan fingerprint density at radius 1 is 1.23 bits per heavy atom. The highest BCUT2D eigenvalue weighted by atomic mass is 35.5. The Hall–Kier alpha value is -2.42. The second-order valence-electron chi connectivity index (χ2n) is 8.54. The number of carbonyl (C=O) groups excluding carboxylic acids is 1. The molecule has 8 nitrogen and oxygen atoms in total. The molecule has 1 saturated heterocycles. The van der Waals surface area contributed by atoms with E-state index in [1.54, 1.807) is 4.68 Å². The Kier molecular flexibility index (Phi) is 7.69. The lowest BCUT2D eigenvalue weighted by atomic mass is 10.0. The first kappa shape index (κ1) is 23.2. The topological polar surface area (TPSA) is 105 Å². The fraction of sp³-hybridized carbons (Fsp3) is 0.500. The van der Waals surface area contributed by atoms with E-state index in [1.165, 1.54) is 0 Å². The molecule has 3 heterocycles. The van der Waals surface area contributed by atoms with Crippen LogP contribution >= 0.6 is 0 Å². The van der Waals surface area contributed by atoms with E-state index in [1.807, 2.05) is 29.3 Å². The molecule has 2 atom stereocenters. The molecule has 2 unspecified atom stereocenters. The van der Waals surface area contributed by atoms with Gasteiger partial charge in [-0.2, -0.15) is 0 Å². The van der Waals surface area contributed by atoms with Crippen LogP contribution in [0.3, 0.4) is 0 Å². The smallest absolute Gasteiger partial charge is 0.247 e. The quantitative estimate of drug-likeness (QED) is 0.434. The van der Waals surface area contributed by atoms with E-state index in [-0.39, 0.29) is 24.4 Å². The number of aromatic nitrogens is 4. The van der Waals surface area contributed by atoms with Crippen LogP contribution < -0.4 is 23.5 Å². The third kappa shape index (κ3) is 5.44. The van der Waals surface area contributed by atoms with Crippen LogP contribution in [-0.2, 0) is 11.2 Å². The molecular formula is C22H31ClN7O-. The highest BCUT2D eigenvalue weighted by Crippen LogP contribution is 2.23. The summed E-state index contributed by atoms with van der Waals surface area (Å²) < 4.78 is 1.70. The molecule has 0 aliphatic carbocycles. The van der Waals surface area contributed by atoms with Gasteiger partial charge in [-0.05, 0) is 29.9 Å². The maximum atomic E-state index is 13.4. The van der Waals surface area contributed by atoms with Gasteiger partial charge < -0.3 is 33.3 Å². The molecule has 1 amide bonds. The summed E-state index contributed by atoms with van der Waals surface area (Å²) in [5.74, 6) is 0.541. The number of benzene rings is 1. The summed E-state index contributed by atoms with van der Waals surface area (Å²) in [4.78, 5) is 18.8. The highest BCUT2D eigenvalue weighted by Gasteiger charge is 2.29. The number of amides is 1. The first-order chi connectivity index (χ1) is 14.5. The van der Waals surface area contributed by atoms with E-state index in [2.05, 4.69) is 46.6 Å². The monoisotopic (exact) mass is 444 g/mol. The van der Waals surface area contributed by atoms with Gasteiger partial charge in [-0.3, -0.25) is 4.79 Å². The minimum atomic E-state index is -0.455. The number of fused-ring (bicyclic) bond motifs is 1. The van der Waals surface area contributed by atoms with Gasteiger partial charge in [0, 0.05) is 43.8 Å². The van der Waals surface area contributed by atoms with E-state index in [9.17, 15) is 4.79 Å². The molecule has 1 aliphatic heterocycles. The van der Waals surface area contributed by atoms with Crippen molar-refractivity contribution in [3.05, 3.63) is 47.9 Å². The van der Waals surface area contributed by atoms with Crippen molar-refractivity contribution in [2.24, 2.45) is 11.7 Å². The Morgan fingerprint density at radius 2 is 1.97 bits per heavy atom. The predicted molar refractivity (Wildman–Crippen MR) is 117 cm³/mol. The fourth-order valence-electron chi connectivity index (χ4n) is 4.08. The van der Waals surface area contributed by atoms with Crippen LogP contribution in [0.15, 0.2) is 36.5 Å². The lowest BCUT2D eigenvalue weighted by Crippen LogP contribution is -3.00. The molecule has 1 aliphatic rings. The Bertz CT molecular complexity index is 960. The molecule has 2 aromatic heterocycles. The number of H-pyrrole nitrogens is 1. The van der Waals surface area contributed by atoms with Gasteiger partial charge in [0.15, 0.2) is 0 Å². The third-order valence-electron chi connectivity index (χ3n) is 5.67. The minimum absolute atomic E-state index is 0. The largest absolute Gasteiger partial charge is 1.00 e. The fourth-order valence-corrected chi connectivity index (χ4v) is 4.08. The number of hydrogen-bond donors (Lipinski definition) is 3. The molecule has 9 heteroatoms. The Morgan fingerprint density at radius 3 is 2.68 bits per heavy atom. The average Bonchev–Trinajstić information content (AvgIpc) is 3.38. The summed E-state index contributed by atoms with van der Waals surface area (Å²) in [5.41, 5.74) is 9.12. The van der Waals surface area contributed by atoms with Gasteiger partial charge in [-0.25, -0.2) is 4.68 Å². The van der Waals surface area contributed by atoms with Crippen molar-refractivity contribution < 1.29 is 17.2 Å². The summed E-state index contributed by atoms with van der Waals surface area (Å²) >= 11 is 0. The maximum Gasteiger partial charge on any atom is 0.247 e. The van der Waals surface area contributed by atoms with Crippen LogP contribution in [-0.4, -0.2) is 57.0 Å². The lowest BCUT2D eigenvalue weighted by Gasteiger charge is -2.30. The van der Waals surface area contributed by atoms with Gasteiger partial charge in [0.2, 0.25) is 5.91 Å². The van der Waals surface area contributed by atoms with Crippen molar-refractivity contribution in [3.8, 4) is 0 Å². The van der Waals surface area contributed by atoms with Gasteiger partial charge in [0.25, 0.3) is 0 Å². The summed E-state index contributed by atoms with van der Waals surface area (Å²) in [5, 5.41) is 13.1. The van der Waals surface area contributed by atoms with Crippen LogP contribution in [0, 0.1) is 5.92 Å². The van der Waals surface area contributed by atoms with Crippen LogP contribution in [0.25, 0.3) is 10.9 Å². The number of rotatable bonds is 7. The van der Waals surface area contributed by atoms with Crippen molar-refractivity contribution >= 4 is 16.8 Å². The zero-order valence-electron chi connectivity index (χ0n) is 18.1. The molecule has 0 radical (unpaired) electrons. The molecule has 4 rings (SSSR count). The minimum Gasteiger partial charge on any atom is -1.00 e. The second kappa shape index (κ2) is 10.3. The number of carbonyl (C=O) groups is 1. The van der Waals surface area contributed by atoms with E-state index in [0.29, 0.717) is 25.4 Å². The molecule has 0 bridgehead atoms. The van der Waals surface area contributed by atoms with Crippen molar-refractivity contribution in [2.45, 2.75) is 38.8 Å². The standard InChI is InChI=1S/C22H31N7O.ClH/c1-15(2)11-18(23)20-14-29(27-26-20)21(22(30)28-9-7-24-8-10-28)13-17-12-16-5-3-4-6-19(16)25-17;/h3-6,12,14-15,18,21,24-25H,7-11,13,23H2,1-2H3;1H/p-1. The summed E-state index contributed by atoms with van der Waals surface area (Å²) in [6.45, 7) is 7.31. The van der Waals surface area contributed by atoms with Crippen LogP contribution in [0.2, 0.25) is 0 Å². The highest BCUT2D eigenvalue weighted by molar-refractivity contribution is 5.82. The summed E-state index contributed by atoms with van der Waals surface area (Å²) in [6, 6.07) is 9.61. The van der Waals surface area contributed by atoms with Gasteiger partial charge in [-0.15, -0.1) is 5.10 Å². The Labute approximate surface area is 189 Å². The zero-order chi connectivity index (χ0) is 21.1. The number of nitrogens with zero attached hydrogens (tertiary/aromatic N) is 4. The molecule has 4 N–H and O–H groups in total. The van der Waals surface area contributed by atoms with Gasteiger partial charge in [-0.1, -0.05) is 37.3 Å². The number of para-hydroxylation sites is 1. The molecule has 31 heavy (non-hydrogen) atoms. The van der Waals surface area contributed by atoms with Gasteiger partial charge in [0.05, 0.1) is 17.9 Å². The summed E-state index contributed by atoms with van der Waals surface area (Å²) in [6.07, 6.45) is 3.21. The first-order valence-corrected chi connectivity index (χ1v) is 10.7. The number of halogens is 1. The van der Waals surface area contributed by atoms with Crippen LogP contribution in [0.4, 0.5) is 0 Å². The van der Waals surface area contributed by atoms with Crippen molar-refractivity contribution in [1.29, 1.82) is 0 Å². The average molecular weight is 445 g/mol. The van der Waals surface area contributed by atoms with Crippen molar-refractivity contribution in [2.75, 3.05) is 26.2 Å². The third-order valence-corrected chi connectivity index (χ3v) is 5.67. The SMILES string of the molecule is CC(C)CC(N)c1cn(C(Cc2cc3ccccc3[nH]2)C(=O)N2CCNCC2)nn1.[Cl-]. The maximum absolute atomic E-state index is 13.4. The van der Waals surface area contributed by atoms with Gasteiger partial charge >= 0.3 is 0 Å². The number of nitrogens with one attached hydrogen (secondary N) is 2. The molecular weight excluding hydrogens is 414 g/mol. The summed E-state index contributed by atoms with van der Waals surface area (Å²) in [7, 11) is 0. The molecule has 168 valence electrons. The van der Waals surface area contributed by atoms with Gasteiger partial charge in [0.1, 0.15) is 6.04 Å². The van der Waals surface area contributed by atoms with E-state index < -0.39 is 6.04 Å².